The van der Waals surface area contributed by atoms with Gasteiger partial charge in [-0.15, -0.1) is 0 Å². The highest BCUT2D eigenvalue weighted by molar-refractivity contribution is 5.73. The average Bonchev–Trinajstić information content (AvgIpc) is 2.86. The lowest BCUT2D eigenvalue weighted by atomic mass is 9.88. The molecule has 0 aromatic heterocycles. The minimum Gasteiger partial charge on any atom is -0.389 e. The zero-order chi connectivity index (χ0) is 16.3. The summed E-state index contributed by atoms with van der Waals surface area (Å²) in [5.74, 6) is 0.233. The molecule has 1 N–H and O–H groups in total. The lowest BCUT2D eigenvalue weighted by Gasteiger charge is -2.47. The lowest BCUT2D eigenvalue weighted by molar-refractivity contribution is -0.134. The molecule has 3 fully saturated rings. The van der Waals surface area contributed by atoms with Gasteiger partial charge < -0.3 is 10.0 Å². The van der Waals surface area contributed by atoms with Gasteiger partial charge in [-0.25, -0.2) is 0 Å². The van der Waals surface area contributed by atoms with E-state index in [1.165, 1.54) is 25.7 Å². The molecular formula is C19H34N2O2. The fourth-order valence-electron chi connectivity index (χ4n) is 5.16. The van der Waals surface area contributed by atoms with Crippen LogP contribution in [0.1, 0.15) is 77.6 Å². The number of hydrogen-bond donors (Lipinski definition) is 1. The maximum atomic E-state index is 12.1. The van der Waals surface area contributed by atoms with Gasteiger partial charge in [-0.1, -0.05) is 32.1 Å². The molecule has 4 nitrogen and oxygen atoms in total. The number of hydrogen-bond acceptors (Lipinski definition) is 3. The molecule has 23 heavy (non-hydrogen) atoms. The molecule has 1 amide bonds. The molecule has 2 saturated heterocycles. The normalized spacial score (nSPS) is 32.7. The van der Waals surface area contributed by atoms with E-state index in [4.69, 9.17) is 0 Å². The van der Waals surface area contributed by atoms with Crippen LogP contribution >= 0.6 is 0 Å². The topological polar surface area (TPSA) is 43.8 Å². The molecule has 0 aromatic rings. The second-order valence-corrected chi connectivity index (χ2v) is 8.09. The van der Waals surface area contributed by atoms with E-state index in [2.05, 4.69) is 9.80 Å². The van der Waals surface area contributed by atoms with Gasteiger partial charge in [0.25, 0.3) is 0 Å². The van der Waals surface area contributed by atoms with Crippen molar-refractivity contribution in [3.63, 3.8) is 0 Å². The fraction of sp³-hybridized carbons (Fsp3) is 0.947. The van der Waals surface area contributed by atoms with E-state index >= 15 is 0 Å². The molecule has 4 heteroatoms. The minimum absolute atomic E-state index is 0.233. The number of aliphatic hydroxyl groups is 1. The highest BCUT2D eigenvalue weighted by atomic mass is 16.3. The number of likely N-dealkylation sites (tertiary alicyclic amines) is 2. The van der Waals surface area contributed by atoms with Crippen molar-refractivity contribution in [2.45, 2.75) is 95.2 Å². The van der Waals surface area contributed by atoms with E-state index in [-0.39, 0.29) is 5.91 Å². The third kappa shape index (κ3) is 4.08. The van der Waals surface area contributed by atoms with Gasteiger partial charge in [0.15, 0.2) is 0 Å². The van der Waals surface area contributed by atoms with E-state index in [1.807, 2.05) is 0 Å². The number of carbonyl (C=O) groups excluding carboxylic acids is 1. The maximum absolute atomic E-state index is 12.1. The second kappa shape index (κ2) is 7.52. The molecule has 1 aliphatic carbocycles. The Hall–Kier alpha value is -0.610. The maximum Gasteiger partial charge on any atom is 0.219 e. The number of carbonyl (C=O) groups is 1. The summed E-state index contributed by atoms with van der Waals surface area (Å²) < 4.78 is 0. The molecule has 2 atom stereocenters. The first-order valence-electron chi connectivity index (χ1n) is 9.83. The van der Waals surface area contributed by atoms with E-state index in [9.17, 15) is 9.90 Å². The van der Waals surface area contributed by atoms with Crippen LogP contribution in [-0.4, -0.2) is 58.1 Å². The Kier molecular flexibility index (Phi) is 5.63. The minimum atomic E-state index is -0.494. The smallest absolute Gasteiger partial charge is 0.219 e. The first-order valence-corrected chi connectivity index (χ1v) is 9.83. The second-order valence-electron chi connectivity index (χ2n) is 8.09. The van der Waals surface area contributed by atoms with Gasteiger partial charge in [0.1, 0.15) is 0 Å². The van der Waals surface area contributed by atoms with Gasteiger partial charge in [0, 0.05) is 32.1 Å². The van der Waals surface area contributed by atoms with Crippen LogP contribution in [0, 0.1) is 0 Å². The summed E-state index contributed by atoms with van der Waals surface area (Å²) in [7, 11) is 0. The Morgan fingerprint density at radius 3 is 2.35 bits per heavy atom. The summed E-state index contributed by atoms with van der Waals surface area (Å²) in [4.78, 5) is 16.7. The quantitative estimate of drug-likeness (QED) is 0.795. The zero-order valence-corrected chi connectivity index (χ0v) is 14.8. The summed E-state index contributed by atoms with van der Waals surface area (Å²) in [6.07, 6.45) is 12.6. The average molecular weight is 322 g/mol. The van der Waals surface area contributed by atoms with Gasteiger partial charge in [0.05, 0.1) is 5.60 Å². The van der Waals surface area contributed by atoms with Crippen LogP contribution in [0.15, 0.2) is 0 Å². The van der Waals surface area contributed by atoms with Gasteiger partial charge >= 0.3 is 0 Å². The van der Waals surface area contributed by atoms with Crippen molar-refractivity contribution in [3.8, 4) is 0 Å². The van der Waals surface area contributed by atoms with E-state index < -0.39 is 5.60 Å². The Morgan fingerprint density at radius 2 is 1.65 bits per heavy atom. The predicted molar refractivity (Wildman–Crippen MR) is 92.3 cm³/mol. The Labute approximate surface area is 141 Å². The number of fused-ring (bicyclic) bond motifs is 1. The van der Waals surface area contributed by atoms with Crippen molar-refractivity contribution in [1.82, 2.24) is 9.80 Å². The van der Waals surface area contributed by atoms with Crippen LogP contribution in [0.25, 0.3) is 0 Å². The zero-order valence-electron chi connectivity index (χ0n) is 14.8. The van der Waals surface area contributed by atoms with Gasteiger partial charge in [-0.3, -0.25) is 9.69 Å². The highest BCUT2D eigenvalue weighted by Gasteiger charge is 2.40. The molecule has 1 saturated carbocycles. The van der Waals surface area contributed by atoms with E-state index in [0.717, 1.165) is 64.6 Å². The Bertz CT molecular complexity index is 404. The molecule has 0 radical (unpaired) electrons. The fourth-order valence-corrected chi connectivity index (χ4v) is 5.16. The van der Waals surface area contributed by atoms with Crippen LogP contribution in [-0.2, 0) is 4.79 Å². The van der Waals surface area contributed by atoms with Crippen molar-refractivity contribution in [2.75, 3.05) is 19.6 Å². The number of β-amino-alcohol motifs (C(OH)–C–C–N with tert-alkyl or cyclic N) is 1. The first-order chi connectivity index (χ1) is 11.1. The molecule has 2 aliphatic heterocycles. The van der Waals surface area contributed by atoms with Crippen molar-refractivity contribution in [2.24, 2.45) is 0 Å². The van der Waals surface area contributed by atoms with Crippen molar-refractivity contribution in [3.05, 3.63) is 0 Å². The van der Waals surface area contributed by atoms with Crippen LogP contribution in [0.3, 0.4) is 0 Å². The lowest BCUT2D eigenvalue weighted by Crippen LogP contribution is -2.58. The van der Waals surface area contributed by atoms with Crippen LogP contribution in [0.4, 0.5) is 0 Å². The monoisotopic (exact) mass is 322 g/mol. The number of amides is 1. The first kappa shape index (κ1) is 17.2. The summed E-state index contributed by atoms with van der Waals surface area (Å²) >= 11 is 0. The summed E-state index contributed by atoms with van der Waals surface area (Å²) in [5, 5.41) is 11.1. The van der Waals surface area contributed by atoms with Crippen LogP contribution in [0.2, 0.25) is 0 Å². The van der Waals surface area contributed by atoms with Gasteiger partial charge in [-0.05, 0) is 45.1 Å². The van der Waals surface area contributed by atoms with Gasteiger partial charge in [-0.2, -0.15) is 0 Å². The molecule has 3 rings (SSSR count). The molecule has 132 valence electrons. The van der Waals surface area contributed by atoms with E-state index in [1.54, 1.807) is 6.92 Å². The third-order valence-corrected chi connectivity index (χ3v) is 6.34. The summed E-state index contributed by atoms with van der Waals surface area (Å²) in [5.41, 5.74) is -0.494. The molecular weight excluding hydrogens is 288 g/mol. The highest BCUT2D eigenvalue weighted by Crippen LogP contribution is 2.34. The number of rotatable bonds is 2. The standard InChI is InChI=1S/C19H34N2O2/c1-16(22)21-14-7-4-9-17-18(21)10-8-13-20(17)15-19(23)11-5-2-3-6-12-19/h17-18,23H,2-15H2,1H3/t17-,18-/m1/s1. The SMILES string of the molecule is CC(=O)N1CCCC[C@@H]2[C@H]1CCCN2CC1(O)CCCCCC1. The molecule has 3 aliphatic rings. The number of piperidine rings is 1. The third-order valence-electron chi connectivity index (χ3n) is 6.34. The van der Waals surface area contributed by atoms with Crippen molar-refractivity contribution < 1.29 is 9.90 Å². The molecule has 0 bridgehead atoms. The van der Waals surface area contributed by atoms with Crippen LogP contribution in [0.5, 0.6) is 0 Å². The van der Waals surface area contributed by atoms with E-state index in [0.29, 0.717) is 12.1 Å². The van der Waals surface area contributed by atoms with Crippen molar-refractivity contribution >= 4 is 5.91 Å². The molecule has 2 heterocycles. The van der Waals surface area contributed by atoms with Gasteiger partial charge in [0.2, 0.25) is 5.91 Å². The Morgan fingerprint density at radius 1 is 0.957 bits per heavy atom. The number of nitrogens with zero attached hydrogens (tertiary/aromatic N) is 2. The van der Waals surface area contributed by atoms with Crippen LogP contribution < -0.4 is 0 Å². The van der Waals surface area contributed by atoms with Crippen molar-refractivity contribution in [1.29, 1.82) is 0 Å². The molecule has 0 unspecified atom stereocenters. The molecule has 0 aromatic carbocycles. The Balaban J connectivity index is 1.72. The summed E-state index contributed by atoms with van der Waals surface area (Å²) in [6, 6.07) is 0.834. The molecule has 0 spiro atoms. The summed E-state index contributed by atoms with van der Waals surface area (Å²) in [6.45, 7) is 4.56. The largest absolute Gasteiger partial charge is 0.389 e. The predicted octanol–water partition coefficient (Wildman–Crippen LogP) is 2.94.